The molecule has 1 aliphatic heterocycles. The minimum absolute atomic E-state index is 0.0137. The van der Waals surface area contributed by atoms with Crippen LogP contribution in [0.3, 0.4) is 0 Å². The van der Waals surface area contributed by atoms with E-state index in [0.717, 1.165) is 35.5 Å². The highest BCUT2D eigenvalue weighted by molar-refractivity contribution is 5.97. The molecule has 6 heteroatoms. The highest BCUT2D eigenvalue weighted by Gasteiger charge is 2.22. The number of aromatic nitrogens is 1. The molecule has 1 fully saturated rings. The molecule has 6 nitrogen and oxygen atoms in total. The average molecular weight is 442 g/mol. The van der Waals surface area contributed by atoms with Crippen LogP contribution in [0.4, 0.5) is 11.4 Å². The van der Waals surface area contributed by atoms with Crippen molar-refractivity contribution in [1.29, 1.82) is 0 Å². The smallest absolute Gasteiger partial charge is 0.244 e. The standard InChI is InChI=1S/C27H27N3O3/c1-18-15-29(16-19(2)33-18)21-13-11-20(12-14-21)28-26(31)17-30-24-9-5-3-7-22(24)27(32)23-8-4-6-10-25(23)30/h3-14,18-19H,15-17H2,1-2H3,(H,28,31). The fourth-order valence-corrected chi connectivity index (χ4v) is 4.74. The third-order valence-electron chi connectivity index (χ3n) is 6.12. The number of carbonyl (C=O) groups excluding carboxylic acids is 1. The third-order valence-corrected chi connectivity index (χ3v) is 6.12. The normalized spacial score (nSPS) is 18.5. The Balaban J connectivity index is 1.38. The van der Waals surface area contributed by atoms with Crippen LogP contribution < -0.4 is 15.6 Å². The summed E-state index contributed by atoms with van der Waals surface area (Å²) in [6.45, 7) is 5.98. The Kier molecular flexibility index (Phi) is 5.60. The minimum atomic E-state index is -0.143. The van der Waals surface area contributed by atoms with Crippen molar-refractivity contribution in [3.63, 3.8) is 0 Å². The Morgan fingerprint density at radius 2 is 1.42 bits per heavy atom. The van der Waals surface area contributed by atoms with Gasteiger partial charge in [0.2, 0.25) is 5.91 Å². The fourth-order valence-electron chi connectivity index (χ4n) is 4.74. The number of hydrogen-bond acceptors (Lipinski definition) is 4. The van der Waals surface area contributed by atoms with E-state index in [2.05, 4.69) is 24.1 Å². The molecule has 0 aliphatic carbocycles. The molecule has 1 amide bonds. The Hall–Kier alpha value is -3.64. The molecule has 2 atom stereocenters. The molecule has 1 N–H and O–H groups in total. The summed E-state index contributed by atoms with van der Waals surface area (Å²) in [4.78, 5) is 28.2. The van der Waals surface area contributed by atoms with Gasteiger partial charge in [0.15, 0.2) is 5.43 Å². The number of pyridine rings is 1. The minimum Gasteiger partial charge on any atom is -0.372 e. The molecule has 0 bridgehead atoms. The molecular weight excluding hydrogens is 414 g/mol. The van der Waals surface area contributed by atoms with Gasteiger partial charge in [-0.2, -0.15) is 0 Å². The van der Waals surface area contributed by atoms with Crippen molar-refractivity contribution in [3.05, 3.63) is 83.0 Å². The van der Waals surface area contributed by atoms with E-state index in [9.17, 15) is 9.59 Å². The average Bonchev–Trinajstić information content (AvgIpc) is 2.81. The van der Waals surface area contributed by atoms with E-state index in [1.165, 1.54) is 0 Å². The lowest BCUT2D eigenvalue weighted by atomic mass is 10.1. The molecule has 2 unspecified atom stereocenters. The number of amides is 1. The van der Waals surface area contributed by atoms with Crippen LogP contribution in [0, 0.1) is 0 Å². The van der Waals surface area contributed by atoms with E-state index in [-0.39, 0.29) is 30.1 Å². The van der Waals surface area contributed by atoms with Gasteiger partial charge in [-0.3, -0.25) is 9.59 Å². The summed E-state index contributed by atoms with van der Waals surface area (Å²) in [5, 5.41) is 4.23. The fraction of sp³-hybridized carbons (Fsp3) is 0.259. The maximum absolute atomic E-state index is 13.0. The molecule has 33 heavy (non-hydrogen) atoms. The predicted octanol–water partition coefficient (Wildman–Crippen LogP) is 4.41. The van der Waals surface area contributed by atoms with Crippen molar-refractivity contribution in [2.24, 2.45) is 0 Å². The van der Waals surface area contributed by atoms with Crippen molar-refractivity contribution in [3.8, 4) is 0 Å². The highest BCUT2D eigenvalue weighted by atomic mass is 16.5. The van der Waals surface area contributed by atoms with Gasteiger partial charge in [-0.25, -0.2) is 0 Å². The topological polar surface area (TPSA) is 63.6 Å². The number of morpholine rings is 1. The van der Waals surface area contributed by atoms with Crippen LogP contribution in [-0.2, 0) is 16.1 Å². The summed E-state index contributed by atoms with van der Waals surface area (Å²) >= 11 is 0. The van der Waals surface area contributed by atoms with Crippen LogP contribution in [-0.4, -0.2) is 35.8 Å². The van der Waals surface area contributed by atoms with E-state index in [4.69, 9.17) is 4.74 Å². The van der Waals surface area contributed by atoms with Crippen molar-refractivity contribution in [2.45, 2.75) is 32.6 Å². The van der Waals surface area contributed by atoms with Gasteiger partial charge in [-0.05, 0) is 62.4 Å². The molecule has 0 radical (unpaired) electrons. The summed E-state index contributed by atoms with van der Waals surface area (Å²) in [5.41, 5.74) is 3.35. The van der Waals surface area contributed by atoms with Crippen LogP contribution in [0.25, 0.3) is 21.8 Å². The van der Waals surface area contributed by atoms with Crippen LogP contribution in [0.15, 0.2) is 77.6 Å². The second-order valence-electron chi connectivity index (χ2n) is 8.71. The summed E-state index contributed by atoms with van der Waals surface area (Å²) < 4.78 is 7.73. The Morgan fingerprint density at radius 3 is 2.00 bits per heavy atom. The van der Waals surface area contributed by atoms with E-state index < -0.39 is 0 Å². The zero-order valence-electron chi connectivity index (χ0n) is 18.8. The van der Waals surface area contributed by atoms with Crippen LogP contribution >= 0.6 is 0 Å². The molecular formula is C27H27N3O3. The number of anilines is 2. The molecule has 0 spiro atoms. The second-order valence-corrected chi connectivity index (χ2v) is 8.71. The quantitative estimate of drug-likeness (QED) is 0.477. The van der Waals surface area contributed by atoms with Crippen molar-refractivity contribution in [1.82, 2.24) is 4.57 Å². The molecule has 1 saturated heterocycles. The van der Waals surface area contributed by atoms with Gasteiger partial charge in [0.1, 0.15) is 6.54 Å². The first-order valence-electron chi connectivity index (χ1n) is 11.3. The largest absolute Gasteiger partial charge is 0.372 e. The van der Waals surface area contributed by atoms with Gasteiger partial charge in [-0.15, -0.1) is 0 Å². The first kappa shape index (κ1) is 21.2. The molecule has 2 heterocycles. The monoisotopic (exact) mass is 441 g/mol. The number of ether oxygens (including phenoxy) is 1. The number of hydrogen-bond donors (Lipinski definition) is 1. The maximum Gasteiger partial charge on any atom is 0.244 e. The number of fused-ring (bicyclic) bond motifs is 2. The van der Waals surface area contributed by atoms with Crippen molar-refractivity contribution < 1.29 is 9.53 Å². The lowest BCUT2D eigenvalue weighted by Crippen LogP contribution is -2.45. The molecule has 3 aromatic carbocycles. The van der Waals surface area contributed by atoms with E-state index in [0.29, 0.717) is 10.8 Å². The molecule has 168 valence electrons. The number of para-hydroxylation sites is 2. The number of benzene rings is 3. The van der Waals surface area contributed by atoms with Crippen LogP contribution in [0.1, 0.15) is 13.8 Å². The summed E-state index contributed by atoms with van der Waals surface area (Å²) in [5.74, 6) is -0.143. The van der Waals surface area contributed by atoms with Gasteiger partial charge in [0, 0.05) is 35.2 Å². The number of nitrogens with one attached hydrogen (secondary N) is 1. The maximum atomic E-state index is 13.0. The van der Waals surface area contributed by atoms with E-state index >= 15 is 0 Å². The highest BCUT2D eigenvalue weighted by Crippen LogP contribution is 2.23. The van der Waals surface area contributed by atoms with Crippen LogP contribution in [0.5, 0.6) is 0 Å². The molecule has 4 aromatic rings. The van der Waals surface area contributed by atoms with E-state index in [1.807, 2.05) is 77.4 Å². The molecule has 1 aliphatic rings. The van der Waals surface area contributed by atoms with Crippen LogP contribution in [0.2, 0.25) is 0 Å². The molecule has 1 aromatic heterocycles. The second kappa shape index (κ2) is 8.71. The SMILES string of the molecule is CC1CN(c2ccc(NC(=O)Cn3c4ccccc4c(=O)c4ccccc43)cc2)CC(C)O1. The lowest BCUT2D eigenvalue weighted by Gasteiger charge is -2.36. The third kappa shape index (κ3) is 4.22. The lowest BCUT2D eigenvalue weighted by molar-refractivity contribution is -0.116. The summed E-state index contributed by atoms with van der Waals surface area (Å²) in [7, 11) is 0. The van der Waals surface area contributed by atoms with Gasteiger partial charge in [-0.1, -0.05) is 24.3 Å². The van der Waals surface area contributed by atoms with Crippen molar-refractivity contribution in [2.75, 3.05) is 23.3 Å². The first-order chi connectivity index (χ1) is 16.0. The Morgan fingerprint density at radius 1 is 0.879 bits per heavy atom. The Bertz CT molecular complexity index is 1310. The summed E-state index contributed by atoms with van der Waals surface area (Å²) in [6.07, 6.45) is 0.380. The zero-order valence-corrected chi connectivity index (χ0v) is 18.8. The van der Waals surface area contributed by atoms with E-state index in [1.54, 1.807) is 0 Å². The predicted molar refractivity (Wildman–Crippen MR) is 133 cm³/mol. The summed E-state index contributed by atoms with van der Waals surface area (Å²) in [6, 6.07) is 22.8. The van der Waals surface area contributed by atoms with Gasteiger partial charge >= 0.3 is 0 Å². The molecule has 5 rings (SSSR count). The number of nitrogens with zero attached hydrogens (tertiary/aromatic N) is 2. The first-order valence-corrected chi connectivity index (χ1v) is 11.3. The van der Waals surface area contributed by atoms with Crippen molar-refractivity contribution >= 4 is 39.1 Å². The molecule has 0 saturated carbocycles. The van der Waals surface area contributed by atoms with Gasteiger partial charge < -0.3 is 19.5 Å². The van der Waals surface area contributed by atoms with Gasteiger partial charge in [0.25, 0.3) is 0 Å². The number of rotatable bonds is 4. The van der Waals surface area contributed by atoms with Gasteiger partial charge in [0.05, 0.1) is 23.2 Å². The number of carbonyl (C=O) groups is 1. The Labute approximate surface area is 192 Å². The zero-order chi connectivity index (χ0) is 22.9.